The summed E-state index contributed by atoms with van der Waals surface area (Å²) in [6.07, 6.45) is 0.519. The number of para-hydroxylation sites is 2. The van der Waals surface area contributed by atoms with E-state index in [0.717, 1.165) is 16.6 Å². The van der Waals surface area contributed by atoms with Crippen LogP contribution in [-0.4, -0.2) is 41.2 Å². The molecule has 1 amide bonds. The van der Waals surface area contributed by atoms with Gasteiger partial charge in [-0.1, -0.05) is 24.3 Å². The van der Waals surface area contributed by atoms with Crippen molar-refractivity contribution in [1.82, 2.24) is 15.3 Å². The van der Waals surface area contributed by atoms with Gasteiger partial charge in [0.1, 0.15) is 0 Å². The maximum absolute atomic E-state index is 12.5. The Hall–Kier alpha value is -3.19. The summed E-state index contributed by atoms with van der Waals surface area (Å²) in [5.41, 5.74) is 2.05. The molecule has 7 nitrogen and oxygen atoms in total. The van der Waals surface area contributed by atoms with E-state index in [4.69, 9.17) is 9.84 Å². The molecular weight excluding hydrogens is 344 g/mol. The molecule has 27 heavy (non-hydrogen) atoms. The van der Waals surface area contributed by atoms with Crippen molar-refractivity contribution in [2.45, 2.75) is 13.0 Å². The monoisotopic (exact) mass is 366 g/mol. The van der Waals surface area contributed by atoms with Crippen molar-refractivity contribution in [1.29, 1.82) is 0 Å². The number of fused-ring (bicyclic) bond motifs is 1. The zero-order chi connectivity index (χ0) is 19.1. The number of anilines is 1. The largest absolute Gasteiger partial charge is 0.477 e. The van der Waals surface area contributed by atoms with Gasteiger partial charge in [-0.15, -0.1) is 0 Å². The number of aliphatic hydroxyl groups is 1. The Morgan fingerprint density at radius 1 is 1.11 bits per heavy atom. The lowest BCUT2D eigenvalue weighted by Crippen LogP contribution is -2.25. The number of ether oxygens (including phenoxy) is 1. The maximum Gasteiger partial charge on any atom is 0.253 e. The van der Waals surface area contributed by atoms with Gasteiger partial charge in [0, 0.05) is 25.8 Å². The van der Waals surface area contributed by atoms with Crippen LogP contribution in [0.3, 0.4) is 0 Å². The van der Waals surface area contributed by atoms with Gasteiger partial charge in [0.15, 0.2) is 5.82 Å². The van der Waals surface area contributed by atoms with Crippen LogP contribution < -0.4 is 15.4 Å². The number of benzene rings is 2. The molecule has 0 fully saturated rings. The van der Waals surface area contributed by atoms with Gasteiger partial charge in [-0.3, -0.25) is 4.79 Å². The van der Waals surface area contributed by atoms with Gasteiger partial charge >= 0.3 is 0 Å². The van der Waals surface area contributed by atoms with Gasteiger partial charge in [0.25, 0.3) is 5.91 Å². The van der Waals surface area contributed by atoms with E-state index in [1.165, 1.54) is 0 Å². The highest BCUT2D eigenvalue weighted by Gasteiger charge is 2.12. The van der Waals surface area contributed by atoms with Crippen LogP contribution >= 0.6 is 0 Å². The summed E-state index contributed by atoms with van der Waals surface area (Å²) in [5, 5.41) is 15.6. The number of nitrogens with zero attached hydrogens (tertiary/aromatic N) is 2. The smallest absolute Gasteiger partial charge is 0.253 e. The van der Waals surface area contributed by atoms with Gasteiger partial charge in [0.05, 0.1) is 29.6 Å². The molecule has 0 atom stereocenters. The number of carbonyl (C=O) groups excluding carboxylic acids is 1. The van der Waals surface area contributed by atoms with Gasteiger partial charge in [-0.25, -0.2) is 4.98 Å². The Kier molecular flexibility index (Phi) is 6.17. The number of amides is 1. The Labute approximate surface area is 157 Å². The van der Waals surface area contributed by atoms with Crippen molar-refractivity contribution in [3.05, 3.63) is 59.9 Å². The van der Waals surface area contributed by atoms with Crippen LogP contribution in [0, 0.1) is 0 Å². The van der Waals surface area contributed by atoms with Gasteiger partial charge in [-0.05, 0) is 24.3 Å². The summed E-state index contributed by atoms with van der Waals surface area (Å²) in [7, 11) is 1.77. The minimum absolute atomic E-state index is 0.0524. The predicted molar refractivity (Wildman–Crippen MR) is 104 cm³/mol. The fourth-order valence-corrected chi connectivity index (χ4v) is 2.67. The standard InChI is InChI=1S/C20H22N4O3/c1-21-16-9-4-2-7-14(16)19(26)22-13-18-23-17-10-5-3-8-15(17)20(24-18)27-12-6-11-25/h2-5,7-10,21,25H,6,11-13H2,1H3,(H,22,26). The lowest BCUT2D eigenvalue weighted by molar-refractivity contribution is 0.0950. The van der Waals surface area contributed by atoms with Crippen LogP contribution in [0.15, 0.2) is 48.5 Å². The van der Waals surface area contributed by atoms with Crippen molar-refractivity contribution in [2.24, 2.45) is 0 Å². The molecule has 0 saturated heterocycles. The molecule has 3 N–H and O–H groups in total. The number of rotatable bonds is 8. The summed E-state index contributed by atoms with van der Waals surface area (Å²) in [6.45, 7) is 0.591. The minimum atomic E-state index is -0.209. The number of hydrogen-bond donors (Lipinski definition) is 3. The lowest BCUT2D eigenvalue weighted by atomic mass is 10.1. The van der Waals surface area contributed by atoms with Crippen molar-refractivity contribution in [2.75, 3.05) is 25.6 Å². The Bertz CT molecular complexity index is 930. The highest BCUT2D eigenvalue weighted by molar-refractivity contribution is 5.99. The molecule has 0 aliphatic carbocycles. The molecule has 0 radical (unpaired) electrons. The first-order valence-corrected chi connectivity index (χ1v) is 8.77. The molecule has 0 aliphatic rings. The molecule has 7 heteroatoms. The zero-order valence-electron chi connectivity index (χ0n) is 15.1. The quantitative estimate of drug-likeness (QED) is 0.530. The molecular formula is C20H22N4O3. The minimum Gasteiger partial charge on any atom is -0.477 e. The average molecular weight is 366 g/mol. The lowest BCUT2D eigenvalue weighted by Gasteiger charge is -2.11. The third-order valence-corrected chi connectivity index (χ3v) is 4.00. The van der Waals surface area contributed by atoms with Crippen LogP contribution in [-0.2, 0) is 6.54 Å². The number of aliphatic hydroxyl groups excluding tert-OH is 1. The summed E-state index contributed by atoms with van der Waals surface area (Å²) in [4.78, 5) is 21.4. The van der Waals surface area contributed by atoms with Crippen molar-refractivity contribution >= 4 is 22.5 Å². The van der Waals surface area contributed by atoms with Gasteiger partial charge < -0.3 is 20.5 Å². The van der Waals surface area contributed by atoms with Crippen LogP contribution in [0.2, 0.25) is 0 Å². The second-order valence-corrected chi connectivity index (χ2v) is 5.87. The Morgan fingerprint density at radius 2 is 1.89 bits per heavy atom. The topological polar surface area (TPSA) is 96.4 Å². The van der Waals surface area contributed by atoms with Crippen molar-refractivity contribution in [3.8, 4) is 5.88 Å². The fourth-order valence-electron chi connectivity index (χ4n) is 2.67. The molecule has 0 spiro atoms. The Balaban J connectivity index is 1.79. The molecule has 2 aromatic carbocycles. The number of aromatic nitrogens is 2. The number of carbonyl (C=O) groups is 1. The molecule has 140 valence electrons. The molecule has 0 bridgehead atoms. The third-order valence-electron chi connectivity index (χ3n) is 4.00. The maximum atomic E-state index is 12.5. The summed E-state index contributed by atoms with van der Waals surface area (Å²) in [5.74, 6) is 0.705. The molecule has 1 aromatic heterocycles. The summed E-state index contributed by atoms with van der Waals surface area (Å²) < 4.78 is 5.69. The Morgan fingerprint density at radius 3 is 2.70 bits per heavy atom. The molecule has 1 heterocycles. The van der Waals surface area contributed by atoms with Gasteiger partial charge in [-0.2, -0.15) is 4.98 Å². The SMILES string of the molecule is CNc1ccccc1C(=O)NCc1nc(OCCCO)c2ccccc2n1. The first-order chi connectivity index (χ1) is 13.2. The van der Waals surface area contributed by atoms with Crippen LogP contribution in [0.25, 0.3) is 10.9 Å². The van der Waals surface area contributed by atoms with E-state index < -0.39 is 0 Å². The molecule has 3 rings (SSSR count). The zero-order valence-corrected chi connectivity index (χ0v) is 15.1. The average Bonchev–Trinajstić information content (AvgIpc) is 2.72. The van der Waals surface area contributed by atoms with Crippen molar-refractivity contribution < 1.29 is 14.6 Å². The number of hydrogen-bond acceptors (Lipinski definition) is 6. The molecule has 0 aliphatic heterocycles. The van der Waals surface area contributed by atoms with E-state index in [0.29, 0.717) is 30.3 Å². The van der Waals surface area contributed by atoms with Crippen LogP contribution in [0.4, 0.5) is 5.69 Å². The second-order valence-electron chi connectivity index (χ2n) is 5.87. The third kappa shape index (κ3) is 4.51. The molecule has 0 unspecified atom stereocenters. The van der Waals surface area contributed by atoms with E-state index in [1.807, 2.05) is 42.5 Å². The van der Waals surface area contributed by atoms with E-state index >= 15 is 0 Å². The first kappa shape index (κ1) is 18.6. The predicted octanol–water partition coefficient (Wildman–Crippen LogP) is 2.36. The van der Waals surface area contributed by atoms with E-state index in [1.54, 1.807) is 13.1 Å². The van der Waals surface area contributed by atoms with E-state index in [2.05, 4.69) is 20.6 Å². The highest BCUT2D eigenvalue weighted by Crippen LogP contribution is 2.22. The first-order valence-electron chi connectivity index (χ1n) is 8.77. The summed E-state index contributed by atoms with van der Waals surface area (Å²) in [6, 6.07) is 14.8. The highest BCUT2D eigenvalue weighted by atomic mass is 16.5. The second kappa shape index (κ2) is 8.95. The van der Waals surface area contributed by atoms with E-state index in [-0.39, 0.29) is 19.1 Å². The van der Waals surface area contributed by atoms with Gasteiger partial charge in [0.2, 0.25) is 5.88 Å². The van der Waals surface area contributed by atoms with Crippen molar-refractivity contribution in [3.63, 3.8) is 0 Å². The fraction of sp³-hybridized carbons (Fsp3) is 0.250. The van der Waals surface area contributed by atoms with Crippen LogP contribution in [0.5, 0.6) is 5.88 Å². The number of nitrogens with one attached hydrogen (secondary N) is 2. The van der Waals surface area contributed by atoms with E-state index in [9.17, 15) is 4.79 Å². The van der Waals surface area contributed by atoms with Crippen LogP contribution in [0.1, 0.15) is 22.6 Å². The molecule has 0 saturated carbocycles. The molecule has 3 aromatic rings. The normalized spacial score (nSPS) is 10.6. The summed E-state index contributed by atoms with van der Waals surface area (Å²) >= 11 is 0.